The van der Waals surface area contributed by atoms with Crippen LogP contribution in [0.5, 0.6) is 0 Å². The number of amides is 1. The van der Waals surface area contributed by atoms with Crippen LogP contribution in [0.2, 0.25) is 0 Å². The lowest BCUT2D eigenvalue weighted by molar-refractivity contribution is 0.0952. The summed E-state index contributed by atoms with van der Waals surface area (Å²) in [6, 6.07) is 24.5. The zero-order chi connectivity index (χ0) is 21.9. The highest BCUT2D eigenvalue weighted by Gasteiger charge is 2.14. The number of hydrogen-bond acceptors (Lipinski definition) is 4. The molecule has 0 spiro atoms. The van der Waals surface area contributed by atoms with Gasteiger partial charge in [-0.15, -0.1) is 0 Å². The number of aromatic nitrogens is 3. The Hall–Kier alpha value is -4.32. The van der Waals surface area contributed by atoms with E-state index in [0.717, 1.165) is 21.7 Å². The fourth-order valence-electron chi connectivity index (χ4n) is 3.89. The van der Waals surface area contributed by atoms with E-state index in [-0.39, 0.29) is 18.0 Å². The molecule has 6 nitrogen and oxygen atoms in total. The Balaban J connectivity index is 1.49. The number of fused-ring (bicyclic) bond motifs is 2. The van der Waals surface area contributed by atoms with Crippen LogP contribution >= 0.6 is 0 Å². The molecule has 3 aromatic carbocycles. The molecule has 0 unspecified atom stereocenters. The van der Waals surface area contributed by atoms with E-state index in [2.05, 4.69) is 15.4 Å². The van der Waals surface area contributed by atoms with Crippen LogP contribution in [-0.2, 0) is 13.1 Å². The average Bonchev–Trinajstić information content (AvgIpc) is 2.85. The first-order valence-electron chi connectivity index (χ1n) is 10.3. The Labute approximate surface area is 184 Å². The third-order valence-corrected chi connectivity index (χ3v) is 5.45. The molecule has 32 heavy (non-hydrogen) atoms. The predicted molar refractivity (Wildman–Crippen MR) is 124 cm³/mol. The van der Waals surface area contributed by atoms with E-state index in [4.69, 9.17) is 0 Å². The van der Waals surface area contributed by atoms with Crippen molar-refractivity contribution in [2.75, 3.05) is 0 Å². The lowest BCUT2D eigenvalue weighted by Crippen LogP contribution is -2.29. The molecular weight excluding hydrogens is 400 g/mol. The maximum atomic E-state index is 13.0. The van der Waals surface area contributed by atoms with Crippen LogP contribution in [-0.4, -0.2) is 20.7 Å². The van der Waals surface area contributed by atoms with Crippen LogP contribution in [0.4, 0.5) is 0 Å². The SMILES string of the molecule is O=C(NCc1nn(Cc2cccnc2)c(=O)c2ccccc12)c1cccc2ccccc12. The number of nitrogens with zero attached hydrogens (tertiary/aromatic N) is 3. The van der Waals surface area contributed by atoms with Gasteiger partial charge in [0.2, 0.25) is 0 Å². The molecule has 1 amide bonds. The van der Waals surface area contributed by atoms with Gasteiger partial charge in [0, 0.05) is 23.3 Å². The van der Waals surface area contributed by atoms with Crippen molar-refractivity contribution in [2.24, 2.45) is 0 Å². The van der Waals surface area contributed by atoms with Crippen molar-refractivity contribution in [3.8, 4) is 0 Å². The summed E-state index contributed by atoms with van der Waals surface area (Å²) < 4.78 is 1.43. The Bertz CT molecular complexity index is 1490. The summed E-state index contributed by atoms with van der Waals surface area (Å²) in [4.78, 5) is 30.1. The zero-order valence-corrected chi connectivity index (χ0v) is 17.2. The summed E-state index contributed by atoms with van der Waals surface area (Å²) in [6.45, 7) is 0.512. The molecule has 0 aliphatic rings. The smallest absolute Gasteiger partial charge is 0.274 e. The first kappa shape index (κ1) is 19.6. The second kappa shape index (κ2) is 8.43. The zero-order valence-electron chi connectivity index (χ0n) is 17.2. The highest BCUT2D eigenvalue weighted by atomic mass is 16.1. The second-order valence-corrected chi connectivity index (χ2v) is 7.53. The summed E-state index contributed by atoms with van der Waals surface area (Å²) >= 11 is 0. The Morgan fingerprint density at radius 1 is 0.844 bits per heavy atom. The molecule has 0 bridgehead atoms. The third kappa shape index (κ3) is 3.74. The summed E-state index contributed by atoms with van der Waals surface area (Å²) in [5.41, 5.74) is 1.95. The van der Waals surface area contributed by atoms with Crippen LogP contribution in [0, 0.1) is 0 Å². The van der Waals surface area contributed by atoms with E-state index in [1.165, 1.54) is 4.68 Å². The molecule has 156 valence electrons. The molecule has 0 saturated heterocycles. The van der Waals surface area contributed by atoms with Gasteiger partial charge in [-0.25, -0.2) is 4.68 Å². The summed E-state index contributed by atoms with van der Waals surface area (Å²) in [5.74, 6) is -0.183. The molecule has 5 rings (SSSR count). The van der Waals surface area contributed by atoms with Gasteiger partial charge in [0.05, 0.1) is 24.2 Å². The molecule has 0 radical (unpaired) electrons. The topological polar surface area (TPSA) is 76.9 Å². The van der Waals surface area contributed by atoms with Crippen LogP contribution < -0.4 is 10.9 Å². The molecule has 5 aromatic rings. The number of rotatable bonds is 5. The second-order valence-electron chi connectivity index (χ2n) is 7.53. The normalized spacial score (nSPS) is 11.0. The van der Waals surface area contributed by atoms with Gasteiger partial charge >= 0.3 is 0 Å². The highest BCUT2D eigenvalue weighted by molar-refractivity contribution is 6.07. The number of carbonyl (C=O) groups excluding carboxylic acids is 1. The summed E-state index contributed by atoms with van der Waals surface area (Å²) in [6.07, 6.45) is 3.40. The molecule has 6 heteroatoms. The minimum atomic E-state index is -0.183. The number of hydrogen-bond donors (Lipinski definition) is 1. The number of carbonyl (C=O) groups is 1. The van der Waals surface area contributed by atoms with E-state index < -0.39 is 0 Å². The van der Waals surface area contributed by atoms with Gasteiger partial charge in [-0.2, -0.15) is 5.10 Å². The minimum absolute atomic E-state index is 0.173. The largest absolute Gasteiger partial charge is 0.346 e. The monoisotopic (exact) mass is 420 g/mol. The van der Waals surface area contributed by atoms with Gasteiger partial charge in [-0.05, 0) is 34.5 Å². The van der Waals surface area contributed by atoms with Crippen molar-refractivity contribution < 1.29 is 4.79 Å². The predicted octanol–water partition coefficient (Wildman–Crippen LogP) is 3.92. The van der Waals surface area contributed by atoms with Gasteiger partial charge in [0.25, 0.3) is 11.5 Å². The van der Waals surface area contributed by atoms with Gasteiger partial charge in [0.1, 0.15) is 0 Å². The van der Waals surface area contributed by atoms with E-state index in [1.54, 1.807) is 18.5 Å². The molecule has 0 saturated carbocycles. The lowest BCUT2D eigenvalue weighted by Gasteiger charge is -2.12. The van der Waals surface area contributed by atoms with Crippen molar-refractivity contribution in [1.29, 1.82) is 0 Å². The van der Waals surface area contributed by atoms with E-state index in [1.807, 2.05) is 72.8 Å². The first-order chi connectivity index (χ1) is 15.7. The number of benzene rings is 3. The molecule has 2 aromatic heterocycles. The molecule has 0 fully saturated rings. The first-order valence-corrected chi connectivity index (χ1v) is 10.3. The van der Waals surface area contributed by atoms with Crippen molar-refractivity contribution >= 4 is 27.5 Å². The van der Waals surface area contributed by atoms with Crippen molar-refractivity contribution in [1.82, 2.24) is 20.1 Å². The standard InChI is InChI=1S/C26H20N4O2/c31-25(22-13-5-9-19-8-1-2-10-20(19)22)28-16-24-21-11-3-4-12-23(21)26(32)30(29-24)17-18-7-6-14-27-15-18/h1-15H,16-17H2,(H,28,31). The Morgan fingerprint density at radius 3 is 2.41 bits per heavy atom. The summed E-state index contributed by atoms with van der Waals surface area (Å²) in [7, 11) is 0. The van der Waals surface area contributed by atoms with Gasteiger partial charge in [-0.1, -0.05) is 60.7 Å². The Kier molecular flexibility index (Phi) is 5.17. The highest BCUT2D eigenvalue weighted by Crippen LogP contribution is 2.19. The van der Waals surface area contributed by atoms with Crippen LogP contribution in [0.25, 0.3) is 21.5 Å². The van der Waals surface area contributed by atoms with E-state index in [9.17, 15) is 9.59 Å². The fraction of sp³-hybridized carbons (Fsp3) is 0.0769. The van der Waals surface area contributed by atoms with Gasteiger partial charge in [-0.3, -0.25) is 14.6 Å². The number of nitrogens with one attached hydrogen (secondary N) is 1. The summed E-state index contributed by atoms with van der Waals surface area (Å²) in [5, 5.41) is 10.8. The molecule has 0 atom stereocenters. The molecule has 1 N–H and O–H groups in total. The molecule has 0 aliphatic carbocycles. The van der Waals surface area contributed by atoms with E-state index in [0.29, 0.717) is 23.2 Å². The van der Waals surface area contributed by atoms with Crippen molar-refractivity contribution in [2.45, 2.75) is 13.1 Å². The fourth-order valence-corrected chi connectivity index (χ4v) is 3.89. The van der Waals surface area contributed by atoms with Crippen molar-refractivity contribution in [3.05, 3.63) is 118 Å². The number of pyridine rings is 1. The average molecular weight is 420 g/mol. The molecule has 2 heterocycles. The van der Waals surface area contributed by atoms with Crippen LogP contribution in [0.15, 0.2) is 96.1 Å². The maximum Gasteiger partial charge on any atom is 0.274 e. The van der Waals surface area contributed by atoms with Crippen molar-refractivity contribution in [3.63, 3.8) is 0 Å². The van der Waals surface area contributed by atoms with E-state index >= 15 is 0 Å². The van der Waals surface area contributed by atoms with Crippen LogP contribution in [0.1, 0.15) is 21.6 Å². The Morgan fingerprint density at radius 2 is 1.59 bits per heavy atom. The molecular formula is C26H20N4O2. The minimum Gasteiger partial charge on any atom is -0.346 e. The third-order valence-electron chi connectivity index (χ3n) is 5.45. The van der Waals surface area contributed by atoms with Gasteiger partial charge in [0.15, 0.2) is 0 Å². The lowest BCUT2D eigenvalue weighted by atomic mass is 10.0. The van der Waals surface area contributed by atoms with Gasteiger partial charge < -0.3 is 5.32 Å². The molecule has 0 aliphatic heterocycles. The quantitative estimate of drug-likeness (QED) is 0.468. The van der Waals surface area contributed by atoms with Crippen LogP contribution in [0.3, 0.4) is 0 Å². The maximum absolute atomic E-state index is 13.0.